The predicted octanol–water partition coefficient (Wildman–Crippen LogP) is 2.88. The molecule has 0 saturated carbocycles. The van der Waals surface area contributed by atoms with E-state index in [2.05, 4.69) is 4.98 Å². The molecule has 0 bridgehead atoms. The summed E-state index contributed by atoms with van der Waals surface area (Å²) in [4.78, 5) is 15.8. The molecule has 16 heavy (non-hydrogen) atoms. The van der Waals surface area contributed by atoms with Crippen LogP contribution >= 0.6 is 0 Å². The number of rotatable bonds is 3. The number of ketones is 1. The van der Waals surface area contributed by atoms with E-state index < -0.39 is 0 Å². The Labute approximate surface area is 93.4 Å². The highest BCUT2D eigenvalue weighted by Gasteiger charge is 2.03. The Hall–Kier alpha value is -2.16. The van der Waals surface area contributed by atoms with E-state index >= 15 is 0 Å². The van der Waals surface area contributed by atoms with E-state index in [-0.39, 0.29) is 5.78 Å². The van der Waals surface area contributed by atoms with Crippen LogP contribution in [0, 0.1) is 6.92 Å². The maximum absolute atomic E-state index is 11.6. The summed E-state index contributed by atoms with van der Waals surface area (Å²) in [5.74, 6) is 0.178. The van der Waals surface area contributed by atoms with Gasteiger partial charge in [-0.25, -0.2) is 0 Å². The molecule has 2 aromatic rings. The van der Waals surface area contributed by atoms with Gasteiger partial charge in [0.05, 0.1) is 12.0 Å². The van der Waals surface area contributed by atoms with Crippen molar-refractivity contribution in [3.05, 3.63) is 59.8 Å². The quantitative estimate of drug-likeness (QED) is 0.581. The summed E-state index contributed by atoms with van der Waals surface area (Å²) in [6.07, 6.45) is 4.62. The number of allylic oxidation sites excluding steroid dienone is 1. The van der Waals surface area contributed by atoms with Crippen molar-refractivity contribution in [2.24, 2.45) is 0 Å². The molecule has 3 nitrogen and oxygen atoms in total. The van der Waals surface area contributed by atoms with Crippen LogP contribution in [0.5, 0.6) is 0 Å². The van der Waals surface area contributed by atoms with Crippen LogP contribution < -0.4 is 0 Å². The first-order chi connectivity index (χ1) is 7.75. The molecule has 3 heteroatoms. The molecule has 0 saturated heterocycles. The largest absolute Gasteiger partial charge is 0.461 e. The molecular formula is C13H11NO2. The van der Waals surface area contributed by atoms with Crippen molar-refractivity contribution in [2.45, 2.75) is 6.92 Å². The molecule has 2 rings (SSSR count). The van der Waals surface area contributed by atoms with Gasteiger partial charge in [-0.1, -0.05) is 6.07 Å². The lowest BCUT2D eigenvalue weighted by atomic mass is 10.2. The van der Waals surface area contributed by atoms with Gasteiger partial charge in [-0.2, -0.15) is 0 Å². The van der Waals surface area contributed by atoms with Gasteiger partial charge in [-0.3, -0.25) is 9.78 Å². The van der Waals surface area contributed by atoms with E-state index in [4.69, 9.17) is 4.42 Å². The summed E-state index contributed by atoms with van der Waals surface area (Å²) in [6, 6.07) is 8.98. The van der Waals surface area contributed by atoms with Crippen molar-refractivity contribution in [3.8, 4) is 0 Å². The summed E-state index contributed by atoms with van der Waals surface area (Å²) in [5.41, 5.74) is 1.69. The van der Waals surface area contributed by atoms with E-state index in [1.807, 2.05) is 25.1 Å². The molecule has 0 spiro atoms. The normalized spacial score (nSPS) is 10.8. The van der Waals surface area contributed by atoms with Gasteiger partial charge < -0.3 is 4.42 Å². The van der Waals surface area contributed by atoms with Crippen LogP contribution in [0.3, 0.4) is 0 Å². The highest BCUT2D eigenvalue weighted by molar-refractivity contribution is 6.04. The molecule has 0 amide bonds. The van der Waals surface area contributed by atoms with E-state index in [9.17, 15) is 4.79 Å². The minimum atomic E-state index is -0.159. The van der Waals surface area contributed by atoms with Crippen LogP contribution in [0.4, 0.5) is 0 Å². The Morgan fingerprint density at radius 3 is 2.88 bits per heavy atom. The maximum atomic E-state index is 11.6. The lowest BCUT2D eigenvalue weighted by Gasteiger charge is -1.94. The van der Waals surface area contributed by atoms with Gasteiger partial charge in [-0.05, 0) is 43.3 Å². The van der Waals surface area contributed by atoms with Crippen molar-refractivity contribution in [1.82, 2.24) is 4.98 Å². The summed E-state index contributed by atoms with van der Waals surface area (Å²) in [7, 11) is 0. The smallest absolute Gasteiger partial charge is 0.221 e. The number of hydrogen-bond donors (Lipinski definition) is 0. The molecule has 0 aromatic carbocycles. The van der Waals surface area contributed by atoms with Crippen LogP contribution in [0.2, 0.25) is 0 Å². The van der Waals surface area contributed by atoms with Gasteiger partial charge in [0.15, 0.2) is 5.76 Å². The molecule has 0 radical (unpaired) electrons. The summed E-state index contributed by atoms with van der Waals surface area (Å²) in [5, 5.41) is 0. The number of aromatic nitrogens is 1. The first-order valence-corrected chi connectivity index (χ1v) is 4.95. The third-order valence-electron chi connectivity index (χ3n) is 2.08. The van der Waals surface area contributed by atoms with E-state index in [0.717, 1.165) is 11.4 Å². The summed E-state index contributed by atoms with van der Waals surface area (Å²) in [6.45, 7) is 1.91. The Morgan fingerprint density at radius 2 is 2.19 bits per heavy atom. The molecule has 0 aliphatic rings. The van der Waals surface area contributed by atoms with Gasteiger partial charge in [-0.15, -0.1) is 0 Å². The number of carbonyl (C=O) groups is 1. The molecule has 2 heterocycles. The van der Waals surface area contributed by atoms with E-state index in [1.165, 1.54) is 12.3 Å². The number of pyridine rings is 1. The minimum Gasteiger partial charge on any atom is -0.461 e. The zero-order valence-corrected chi connectivity index (χ0v) is 8.88. The Kier molecular flexibility index (Phi) is 2.96. The summed E-state index contributed by atoms with van der Waals surface area (Å²) >= 11 is 0. The molecular weight excluding hydrogens is 202 g/mol. The molecule has 0 aliphatic heterocycles. The average Bonchev–Trinajstić information content (AvgIpc) is 2.79. The SMILES string of the molecule is Cc1cccc(C=CC(=O)c2ccco2)n1. The van der Waals surface area contributed by atoms with Gasteiger partial charge >= 0.3 is 0 Å². The topological polar surface area (TPSA) is 43.1 Å². The van der Waals surface area contributed by atoms with Crippen LogP contribution in [0.1, 0.15) is 21.9 Å². The monoisotopic (exact) mass is 213 g/mol. The van der Waals surface area contributed by atoms with E-state index in [0.29, 0.717) is 5.76 Å². The molecule has 0 aliphatic carbocycles. The number of hydrogen-bond acceptors (Lipinski definition) is 3. The minimum absolute atomic E-state index is 0.159. The van der Waals surface area contributed by atoms with Gasteiger partial charge in [0.2, 0.25) is 5.78 Å². The molecule has 0 N–H and O–H groups in total. The average molecular weight is 213 g/mol. The van der Waals surface area contributed by atoms with Crippen molar-refractivity contribution in [1.29, 1.82) is 0 Å². The maximum Gasteiger partial charge on any atom is 0.221 e. The fourth-order valence-electron chi connectivity index (χ4n) is 1.32. The van der Waals surface area contributed by atoms with Gasteiger partial charge in [0.25, 0.3) is 0 Å². The lowest BCUT2D eigenvalue weighted by Crippen LogP contribution is -1.91. The third kappa shape index (κ3) is 2.45. The predicted molar refractivity (Wildman–Crippen MR) is 61.0 cm³/mol. The molecule has 2 aromatic heterocycles. The first kappa shape index (κ1) is 10.4. The first-order valence-electron chi connectivity index (χ1n) is 4.95. The Bertz CT molecular complexity index is 512. The standard InChI is InChI=1S/C13H11NO2/c1-10-4-2-5-11(14-10)7-8-12(15)13-6-3-9-16-13/h2-9H,1H3. The van der Waals surface area contributed by atoms with Crippen molar-refractivity contribution in [3.63, 3.8) is 0 Å². The Balaban J connectivity index is 2.13. The number of nitrogens with zero attached hydrogens (tertiary/aromatic N) is 1. The van der Waals surface area contributed by atoms with Crippen LogP contribution in [0.15, 0.2) is 47.1 Å². The second kappa shape index (κ2) is 4.57. The third-order valence-corrected chi connectivity index (χ3v) is 2.08. The Morgan fingerprint density at radius 1 is 1.31 bits per heavy atom. The van der Waals surface area contributed by atoms with E-state index in [1.54, 1.807) is 18.2 Å². The van der Waals surface area contributed by atoms with Crippen LogP contribution in [-0.4, -0.2) is 10.8 Å². The fraction of sp³-hybridized carbons (Fsp3) is 0.0769. The highest BCUT2D eigenvalue weighted by Crippen LogP contribution is 2.05. The van der Waals surface area contributed by atoms with Crippen molar-refractivity contribution in [2.75, 3.05) is 0 Å². The molecule has 0 atom stereocenters. The van der Waals surface area contributed by atoms with Crippen LogP contribution in [-0.2, 0) is 0 Å². The molecule has 0 unspecified atom stereocenters. The molecule has 0 fully saturated rings. The lowest BCUT2D eigenvalue weighted by molar-refractivity contribution is 0.102. The van der Waals surface area contributed by atoms with Crippen LogP contribution in [0.25, 0.3) is 6.08 Å². The second-order valence-corrected chi connectivity index (χ2v) is 3.38. The number of furan rings is 1. The number of aryl methyl sites for hydroxylation is 1. The van der Waals surface area contributed by atoms with Crippen molar-refractivity contribution < 1.29 is 9.21 Å². The van der Waals surface area contributed by atoms with Crippen molar-refractivity contribution >= 4 is 11.9 Å². The number of carbonyl (C=O) groups excluding carboxylic acids is 1. The zero-order chi connectivity index (χ0) is 11.4. The second-order valence-electron chi connectivity index (χ2n) is 3.38. The highest BCUT2D eigenvalue weighted by atomic mass is 16.3. The van der Waals surface area contributed by atoms with Gasteiger partial charge in [0.1, 0.15) is 0 Å². The zero-order valence-electron chi connectivity index (χ0n) is 8.88. The molecule has 80 valence electrons. The fourth-order valence-corrected chi connectivity index (χ4v) is 1.32. The summed E-state index contributed by atoms with van der Waals surface area (Å²) < 4.78 is 4.99. The van der Waals surface area contributed by atoms with Gasteiger partial charge in [0, 0.05) is 5.69 Å².